The Balaban J connectivity index is 1.58. The van der Waals surface area contributed by atoms with Crippen LogP contribution in [0, 0.1) is 0 Å². The van der Waals surface area contributed by atoms with E-state index < -0.39 is 0 Å². The molecule has 0 N–H and O–H groups in total. The number of piperazine rings is 1. The SMILES string of the molecule is CN1CCN(CCN2c3ccccc3Sc3ccc(Br)cc32)CC1. The molecule has 2 heterocycles. The summed E-state index contributed by atoms with van der Waals surface area (Å²) in [5.41, 5.74) is 2.66. The van der Waals surface area contributed by atoms with Crippen LogP contribution in [0.4, 0.5) is 11.4 Å². The lowest BCUT2D eigenvalue weighted by molar-refractivity contribution is 0.157. The van der Waals surface area contributed by atoms with Crippen molar-refractivity contribution >= 4 is 39.1 Å². The van der Waals surface area contributed by atoms with Gasteiger partial charge in [-0.2, -0.15) is 0 Å². The average molecular weight is 404 g/mol. The second-order valence-corrected chi connectivity index (χ2v) is 8.48. The zero-order valence-electron chi connectivity index (χ0n) is 13.9. The fourth-order valence-electron chi connectivity index (χ4n) is 3.36. The third-order valence-electron chi connectivity index (χ3n) is 4.82. The molecule has 0 radical (unpaired) electrons. The van der Waals surface area contributed by atoms with Gasteiger partial charge in [0.2, 0.25) is 0 Å². The van der Waals surface area contributed by atoms with Crippen LogP contribution in [0.2, 0.25) is 0 Å². The van der Waals surface area contributed by atoms with Gasteiger partial charge in [0, 0.05) is 53.5 Å². The number of hydrogen-bond donors (Lipinski definition) is 0. The highest BCUT2D eigenvalue weighted by molar-refractivity contribution is 9.10. The lowest BCUT2D eigenvalue weighted by atomic mass is 10.2. The van der Waals surface area contributed by atoms with E-state index in [1.54, 1.807) is 0 Å². The maximum atomic E-state index is 3.64. The summed E-state index contributed by atoms with van der Waals surface area (Å²) in [6.07, 6.45) is 0. The first-order valence-electron chi connectivity index (χ1n) is 8.45. The van der Waals surface area contributed by atoms with Gasteiger partial charge in [-0.05, 0) is 37.4 Å². The van der Waals surface area contributed by atoms with Gasteiger partial charge in [-0.3, -0.25) is 4.90 Å². The Morgan fingerprint density at radius 2 is 1.67 bits per heavy atom. The zero-order chi connectivity index (χ0) is 16.5. The molecule has 0 aromatic heterocycles. The van der Waals surface area contributed by atoms with Crippen molar-refractivity contribution in [2.24, 2.45) is 0 Å². The Labute approximate surface area is 156 Å². The first-order valence-corrected chi connectivity index (χ1v) is 10.1. The number of fused-ring (bicyclic) bond motifs is 2. The third-order valence-corrected chi connectivity index (χ3v) is 6.45. The fourth-order valence-corrected chi connectivity index (χ4v) is 4.78. The molecule has 2 aromatic rings. The smallest absolute Gasteiger partial charge is 0.0564 e. The van der Waals surface area contributed by atoms with Crippen LogP contribution in [0.1, 0.15) is 0 Å². The van der Waals surface area contributed by atoms with Crippen LogP contribution >= 0.6 is 27.7 Å². The van der Waals surface area contributed by atoms with Gasteiger partial charge >= 0.3 is 0 Å². The molecule has 0 amide bonds. The van der Waals surface area contributed by atoms with Crippen molar-refractivity contribution < 1.29 is 0 Å². The highest BCUT2D eigenvalue weighted by Crippen LogP contribution is 2.48. The first-order chi connectivity index (χ1) is 11.7. The normalized spacial score (nSPS) is 18.3. The average Bonchev–Trinajstić information content (AvgIpc) is 2.60. The van der Waals surface area contributed by atoms with Crippen molar-refractivity contribution in [1.82, 2.24) is 9.80 Å². The minimum absolute atomic E-state index is 1.03. The molecule has 4 rings (SSSR count). The highest BCUT2D eigenvalue weighted by Gasteiger charge is 2.24. The molecule has 1 saturated heterocycles. The summed E-state index contributed by atoms with van der Waals surface area (Å²) in [5, 5.41) is 0. The standard InChI is InChI=1S/C19H22BrN3S/c1-21-8-10-22(11-9-21)12-13-23-16-4-2-3-5-18(16)24-19-7-6-15(20)14-17(19)23/h2-7,14H,8-13H2,1H3. The molecule has 24 heavy (non-hydrogen) atoms. The van der Waals surface area contributed by atoms with Crippen molar-refractivity contribution in [3.05, 3.63) is 46.9 Å². The quantitative estimate of drug-likeness (QED) is 0.755. The Bertz CT molecular complexity index is 728. The molecule has 1 fully saturated rings. The number of benzene rings is 2. The summed E-state index contributed by atoms with van der Waals surface area (Å²) in [6.45, 7) is 6.84. The molecule has 0 spiro atoms. The first kappa shape index (κ1) is 16.5. The number of halogens is 1. The summed E-state index contributed by atoms with van der Waals surface area (Å²) < 4.78 is 1.14. The van der Waals surface area contributed by atoms with Gasteiger partial charge in [0.1, 0.15) is 0 Å². The fraction of sp³-hybridized carbons (Fsp3) is 0.368. The summed E-state index contributed by atoms with van der Waals surface area (Å²) in [7, 11) is 2.21. The monoisotopic (exact) mass is 403 g/mol. The van der Waals surface area contributed by atoms with E-state index in [4.69, 9.17) is 0 Å². The van der Waals surface area contributed by atoms with Crippen LogP contribution in [-0.4, -0.2) is 56.1 Å². The van der Waals surface area contributed by atoms with Gasteiger partial charge in [0.25, 0.3) is 0 Å². The van der Waals surface area contributed by atoms with E-state index in [-0.39, 0.29) is 0 Å². The van der Waals surface area contributed by atoms with Crippen LogP contribution in [-0.2, 0) is 0 Å². The van der Waals surface area contributed by atoms with Gasteiger partial charge in [0.15, 0.2) is 0 Å². The number of para-hydroxylation sites is 1. The lowest BCUT2D eigenvalue weighted by Gasteiger charge is -2.37. The van der Waals surface area contributed by atoms with E-state index in [9.17, 15) is 0 Å². The van der Waals surface area contributed by atoms with Gasteiger partial charge in [-0.1, -0.05) is 39.8 Å². The molecule has 2 aliphatic heterocycles. The van der Waals surface area contributed by atoms with Crippen LogP contribution < -0.4 is 4.90 Å². The minimum atomic E-state index is 1.03. The number of anilines is 2. The van der Waals surface area contributed by atoms with Crippen molar-refractivity contribution in [1.29, 1.82) is 0 Å². The van der Waals surface area contributed by atoms with E-state index in [0.717, 1.165) is 17.6 Å². The lowest BCUT2D eigenvalue weighted by Crippen LogP contribution is -2.46. The number of hydrogen-bond acceptors (Lipinski definition) is 4. The minimum Gasteiger partial charge on any atom is -0.338 e. The number of rotatable bonds is 3. The molecule has 0 atom stereocenters. The van der Waals surface area contributed by atoms with Crippen molar-refractivity contribution in [3.63, 3.8) is 0 Å². The van der Waals surface area contributed by atoms with E-state index in [0.29, 0.717) is 0 Å². The van der Waals surface area contributed by atoms with Gasteiger partial charge in [-0.15, -0.1) is 0 Å². The molecule has 3 nitrogen and oxygen atoms in total. The maximum Gasteiger partial charge on any atom is 0.0564 e. The van der Waals surface area contributed by atoms with Crippen LogP contribution in [0.3, 0.4) is 0 Å². The highest BCUT2D eigenvalue weighted by atomic mass is 79.9. The molecular weight excluding hydrogens is 382 g/mol. The molecule has 0 unspecified atom stereocenters. The second-order valence-electron chi connectivity index (χ2n) is 6.48. The number of likely N-dealkylation sites (N-methyl/N-ethyl adjacent to an activating group) is 1. The summed E-state index contributed by atoms with van der Waals surface area (Å²) in [5.74, 6) is 0. The molecule has 2 aromatic carbocycles. The van der Waals surface area contributed by atoms with Gasteiger partial charge in [0.05, 0.1) is 11.4 Å². The van der Waals surface area contributed by atoms with Gasteiger partial charge < -0.3 is 9.80 Å². The topological polar surface area (TPSA) is 9.72 Å². The molecule has 0 aliphatic carbocycles. The second kappa shape index (κ2) is 7.08. The molecular formula is C19H22BrN3S. The molecule has 2 aliphatic rings. The van der Waals surface area contributed by atoms with E-state index in [2.05, 4.69) is 80.1 Å². The predicted octanol–water partition coefficient (Wildman–Crippen LogP) is 4.30. The van der Waals surface area contributed by atoms with Crippen molar-refractivity contribution in [2.45, 2.75) is 9.79 Å². The molecule has 0 bridgehead atoms. The largest absolute Gasteiger partial charge is 0.338 e. The van der Waals surface area contributed by atoms with Crippen molar-refractivity contribution in [2.75, 3.05) is 51.2 Å². The van der Waals surface area contributed by atoms with Crippen LogP contribution in [0.5, 0.6) is 0 Å². The molecule has 126 valence electrons. The van der Waals surface area contributed by atoms with E-state index in [1.807, 2.05) is 11.8 Å². The Morgan fingerprint density at radius 1 is 0.917 bits per heavy atom. The molecule has 0 saturated carbocycles. The van der Waals surface area contributed by atoms with E-state index >= 15 is 0 Å². The Kier molecular flexibility index (Phi) is 4.86. The zero-order valence-corrected chi connectivity index (χ0v) is 16.3. The summed E-state index contributed by atoms with van der Waals surface area (Å²) in [6, 6.07) is 15.4. The van der Waals surface area contributed by atoms with Crippen LogP contribution in [0.15, 0.2) is 56.7 Å². The van der Waals surface area contributed by atoms with Crippen molar-refractivity contribution in [3.8, 4) is 0 Å². The Morgan fingerprint density at radius 3 is 2.50 bits per heavy atom. The Hall–Kier alpha value is -1.01. The molecule has 5 heteroatoms. The summed E-state index contributed by atoms with van der Waals surface area (Å²) >= 11 is 5.51. The predicted molar refractivity (Wildman–Crippen MR) is 106 cm³/mol. The van der Waals surface area contributed by atoms with E-state index in [1.165, 1.54) is 47.3 Å². The number of nitrogens with zero attached hydrogens (tertiary/aromatic N) is 3. The maximum absolute atomic E-state index is 3.64. The van der Waals surface area contributed by atoms with Gasteiger partial charge in [-0.25, -0.2) is 0 Å². The third kappa shape index (κ3) is 3.36. The van der Waals surface area contributed by atoms with Crippen LogP contribution in [0.25, 0.3) is 0 Å². The summed E-state index contributed by atoms with van der Waals surface area (Å²) in [4.78, 5) is 10.2.